The van der Waals surface area contributed by atoms with Crippen LogP contribution in [0.25, 0.3) is 0 Å². The molecule has 2 heterocycles. The van der Waals surface area contributed by atoms with E-state index in [1.807, 2.05) is 0 Å². The molecule has 10 nitrogen and oxygen atoms in total. The van der Waals surface area contributed by atoms with E-state index >= 15 is 0 Å². The van der Waals surface area contributed by atoms with Gasteiger partial charge >= 0.3 is 12.0 Å². The van der Waals surface area contributed by atoms with Crippen molar-refractivity contribution < 1.29 is 28.7 Å². The van der Waals surface area contributed by atoms with E-state index in [9.17, 15) is 19.2 Å². The third kappa shape index (κ3) is 4.63. The van der Waals surface area contributed by atoms with Crippen molar-refractivity contribution in [3.8, 4) is 0 Å². The lowest BCUT2D eigenvalue weighted by Gasteiger charge is -2.43. The van der Waals surface area contributed by atoms with Crippen LogP contribution in [0.1, 0.15) is 13.8 Å². The summed E-state index contributed by atoms with van der Waals surface area (Å²) in [5.74, 6) is -1.23. The molecule has 146 valence electrons. The lowest BCUT2D eigenvalue weighted by atomic mass is 10.1. The molecule has 0 radical (unpaired) electrons. The van der Waals surface area contributed by atoms with Crippen molar-refractivity contribution in [2.75, 3.05) is 53.0 Å². The molecule has 2 atom stereocenters. The van der Waals surface area contributed by atoms with Crippen LogP contribution < -0.4 is 5.32 Å². The highest BCUT2D eigenvalue weighted by atomic mass is 16.5. The average molecular weight is 370 g/mol. The molecular weight excluding hydrogens is 344 g/mol. The fourth-order valence-corrected chi connectivity index (χ4v) is 3.00. The smallest absolute Gasteiger partial charge is 0.328 e. The van der Waals surface area contributed by atoms with Gasteiger partial charge in [-0.25, -0.2) is 9.59 Å². The number of hydrogen-bond donors (Lipinski definition) is 1. The number of amides is 4. The van der Waals surface area contributed by atoms with E-state index in [0.29, 0.717) is 32.8 Å². The molecule has 0 aliphatic carbocycles. The highest BCUT2D eigenvalue weighted by molar-refractivity contribution is 5.91. The number of morpholine rings is 1. The zero-order chi connectivity index (χ0) is 19.3. The Bertz CT molecular complexity index is 563. The summed E-state index contributed by atoms with van der Waals surface area (Å²) >= 11 is 0. The van der Waals surface area contributed by atoms with Gasteiger partial charge in [-0.3, -0.25) is 9.59 Å². The molecule has 0 saturated carbocycles. The number of rotatable bonds is 3. The lowest BCUT2D eigenvalue weighted by Crippen LogP contribution is -2.64. The van der Waals surface area contributed by atoms with Gasteiger partial charge in [-0.1, -0.05) is 0 Å². The van der Waals surface area contributed by atoms with Gasteiger partial charge in [-0.05, 0) is 6.92 Å². The molecule has 2 unspecified atom stereocenters. The van der Waals surface area contributed by atoms with Crippen LogP contribution in [0.4, 0.5) is 4.79 Å². The van der Waals surface area contributed by atoms with Gasteiger partial charge in [0.05, 0.1) is 26.9 Å². The fourth-order valence-electron chi connectivity index (χ4n) is 3.00. The summed E-state index contributed by atoms with van der Waals surface area (Å²) in [4.78, 5) is 53.4. The Labute approximate surface area is 152 Å². The molecule has 1 N–H and O–H groups in total. The number of nitrogens with zero attached hydrogens (tertiary/aromatic N) is 3. The first kappa shape index (κ1) is 20.0. The Morgan fingerprint density at radius 1 is 1.08 bits per heavy atom. The van der Waals surface area contributed by atoms with E-state index in [-0.39, 0.29) is 25.0 Å². The summed E-state index contributed by atoms with van der Waals surface area (Å²) in [6.07, 6.45) is 0. The summed E-state index contributed by atoms with van der Waals surface area (Å²) in [6.45, 7) is 5.45. The summed E-state index contributed by atoms with van der Waals surface area (Å²) in [7, 11) is 1.23. The van der Waals surface area contributed by atoms with Gasteiger partial charge in [-0.15, -0.1) is 0 Å². The van der Waals surface area contributed by atoms with Crippen LogP contribution in [-0.2, 0) is 23.9 Å². The number of urea groups is 1. The second kappa shape index (κ2) is 8.84. The third-order valence-corrected chi connectivity index (χ3v) is 4.57. The van der Waals surface area contributed by atoms with Crippen LogP contribution in [0.15, 0.2) is 0 Å². The van der Waals surface area contributed by atoms with Crippen molar-refractivity contribution in [2.45, 2.75) is 25.9 Å². The Kier molecular flexibility index (Phi) is 6.78. The number of ether oxygens (including phenoxy) is 2. The van der Waals surface area contributed by atoms with Crippen LogP contribution >= 0.6 is 0 Å². The van der Waals surface area contributed by atoms with E-state index in [1.54, 1.807) is 4.90 Å². The number of methoxy groups -OCH3 is 1. The number of piperazine rings is 1. The fraction of sp³-hybridized carbons (Fsp3) is 0.750. The zero-order valence-corrected chi connectivity index (χ0v) is 15.4. The van der Waals surface area contributed by atoms with Gasteiger partial charge in [-0.2, -0.15) is 0 Å². The Morgan fingerprint density at radius 3 is 2.31 bits per heavy atom. The largest absolute Gasteiger partial charge is 0.467 e. The monoisotopic (exact) mass is 370 g/mol. The molecule has 0 spiro atoms. The van der Waals surface area contributed by atoms with Crippen LogP contribution in [0.3, 0.4) is 0 Å². The molecule has 2 rings (SSSR count). The predicted octanol–water partition coefficient (Wildman–Crippen LogP) is -1.35. The summed E-state index contributed by atoms with van der Waals surface area (Å²) < 4.78 is 9.86. The minimum Gasteiger partial charge on any atom is -0.467 e. The minimum atomic E-state index is -0.866. The van der Waals surface area contributed by atoms with Crippen molar-refractivity contribution in [1.82, 2.24) is 20.0 Å². The number of hydrogen-bond acceptors (Lipinski definition) is 6. The summed E-state index contributed by atoms with van der Waals surface area (Å²) in [5.41, 5.74) is 0. The van der Waals surface area contributed by atoms with Gasteiger partial charge in [0.25, 0.3) is 0 Å². The van der Waals surface area contributed by atoms with Crippen LogP contribution in [0.2, 0.25) is 0 Å². The van der Waals surface area contributed by atoms with Gasteiger partial charge in [0.1, 0.15) is 12.1 Å². The van der Waals surface area contributed by atoms with E-state index in [1.165, 1.54) is 30.8 Å². The topological polar surface area (TPSA) is 108 Å². The highest BCUT2D eigenvalue weighted by Crippen LogP contribution is 2.15. The molecule has 26 heavy (non-hydrogen) atoms. The first-order valence-electron chi connectivity index (χ1n) is 8.62. The first-order chi connectivity index (χ1) is 12.3. The van der Waals surface area contributed by atoms with Gasteiger partial charge in [0, 0.05) is 33.1 Å². The van der Waals surface area contributed by atoms with Crippen LogP contribution in [0, 0.1) is 0 Å². The summed E-state index contributed by atoms with van der Waals surface area (Å²) in [5, 5.41) is 2.56. The van der Waals surface area contributed by atoms with Crippen molar-refractivity contribution in [3.05, 3.63) is 0 Å². The second-order valence-electron chi connectivity index (χ2n) is 6.31. The molecule has 2 aliphatic heterocycles. The molecule has 0 aromatic heterocycles. The number of nitrogens with one attached hydrogen (secondary N) is 1. The molecule has 0 bridgehead atoms. The molecule has 2 aliphatic rings. The van der Waals surface area contributed by atoms with Gasteiger partial charge < -0.3 is 29.5 Å². The van der Waals surface area contributed by atoms with Crippen LogP contribution in [-0.4, -0.2) is 104 Å². The average Bonchev–Trinajstić information content (AvgIpc) is 2.66. The molecule has 0 aromatic carbocycles. The normalized spacial score (nSPS) is 21.8. The molecule has 2 fully saturated rings. The molecular formula is C16H26N4O6. The number of carbonyl (C=O) groups is 4. The van der Waals surface area contributed by atoms with Crippen molar-refractivity contribution in [1.29, 1.82) is 0 Å². The first-order valence-corrected chi connectivity index (χ1v) is 8.62. The van der Waals surface area contributed by atoms with Gasteiger partial charge in [0.2, 0.25) is 11.8 Å². The Morgan fingerprint density at radius 2 is 1.73 bits per heavy atom. The molecule has 10 heteroatoms. The SMILES string of the molecule is COC(=O)C(C)NC(=O)C1CN(C(C)=O)CCN1C(=O)N1CCOCC1. The van der Waals surface area contributed by atoms with E-state index < -0.39 is 24.0 Å². The predicted molar refractivity (Wildman–Crippen MR) is 90.2 cm³/mol. The molecule has 0 aromatic rings. The Hall–Kier alpha value is -2.36. The maximum absolute atomic E-state index is 12.8. The lowest BCUT2D eigenvalue weighted by molar-refractivity contribution is -0.146. The van der Waals surface area contributed by atoms with Gasteiger partial charge in [0.15, 0.2) is 0 Å². The van der Waals surface area contributed by atoms with E-state index in [0.717, 1.165) is 0 Å². The second-order valence-corrected chi connectivity index (χ2v) is 6.31. The van der Waals surface area contributed by atoms with Crippen molar-refractivity contribution >= 4 is 23.8 Å². The highest BCUT2D eigenvalue weighted by Gasteiger charge is 2.39. The van der Waals surface area contributed by atoms with Crippen molar-refractivity contribution in [3.63, 3.8) is 0 Å². The number of esters is 1. The standard InChI is InChI=1S/C16H26N4O6/c1-11(15(23)25-3)17-14(22)13-10-19(12(2)21)4-5-20(13)16(24)18-6-8-26-9-7-18/h11,13H,4-10H2,1-3H3,(H,17,22). The summed E-state index contributed by atoms with van der Waals surface area (Å²) in [6, 6.07) is -1.97. The van der Waals surface area contributed by atoms with E-state index in [4.69, 9.17) is 4.74 Å². The molecule has 4 amide bonds. The van der Waals surface area contributed by atoms with Crippen molar-refractivity contribution in [2.24, 2.45) is 0 Å². The maximum atomic E-state index is 12.8. The molecule has 2 saturated heterocycles. The zero-order valence-electron chi connectivity index (χ0n) is 15.4. The maximum Gasteiger partial charge on any atom is 0.328 e. The quantitative estimate of drug-likeness (QED) is 0.616. The van der Waals surface area contributed by atoms with Crippen LogP contribution in [0.5, 0.6) is 0 Å². The van der Waals surface area contributed by atoms with E-state index in [2.05, 4.69) is 10.1 Å². The number of carbonyl (C=O) groups excluding carboxylic acids is 4. The third-order valence-electron chi connectivity index (χ3n) is 4.57. The minimum absolute atomic E-state index is 0.0884. The Balaban J connectivity index is 2.13.